The number of hydrogen-bond acceptors (Lipinski definition) is 19. The van der Waals surface area contributed by atoms with Crippen LogP contribution in [-0.2, 0) is 39.6 Å². The molecule has 10 N–H and O–H groups in total. The number of phenolic OH excluding ortho intramolecular Hbond substituents is 1. The van der Waals surface area contributed by atoms with Crippen LogP contribution in [0.1, 0.15) is 11.1 Å². The van der Waals surface area contributed by atoms with Gasteiger partial charge in [0.05, 0.1) is 33.5 Å². The second kappa shape index (κ2) is 18.4. The maximum Gasteiger partial charge on any atom is 0.330 e. The lowest BCUT2D eigenvalue weighted by Gasteiger charge is -2.40. The summed E-state index contributed by atoms with van der Waals surface area (Å²) in [6.45, 7) is -2.23. The van der Waals surface area contributed by atoms with Crippen molar-refractivity contribution < 1.29 is 93.8 Å². The average molecular weight is 771 g/mol. The molecule has 0 amide bonds. The first kappa shape index (κ1) is 41.6. The van der Waals surface area contributed by atoms with Crippen molar-refractivity contribution in [3.63, 3.8) is 0 Å². The minimum absolute atomic E-state index is 0.0677. The van der Waals surface area contributed by atoms with E-state index in [0.29, 0.717) is 12.0 Å². The van der Waals surface area contributed by atoms with Gasteiger partial charge >= 0.3 is 5.97 Å². The lowest BCUT2D eigenvalue weighted by molar-refractivity contribution is -0.309. The lowest BCUT2D eigenvalue weighted by atomic mass is 9.99. The molecule has 2 aromatic carbocycles. The molecule has 0 aromatic heterocycles. The van der Waals surface area contributed by atoms with E-state index in [2.05, 4.69) is 0 Å². The Kier molecular flexibility index (Phi) is 14.2. The molecule has 0 aliphatic carbocycles. The molecular weight excluding hydrogens is 724 g/mol. The van der Waals surface area contributed by atoms with Crippen molar-refractivity contribution >= 4 is 12.0 Å². The fraction of sp³-hybridized carbons (Fsp3) is 0.571. The van der Waals surface area contributed by atoms with Crippen molar-refractivity contribution in [3.05, 3.63) is 59.7 Å². The Morgan fingerprint density at radius 3 is 2.19 bits per heavy atom. The highest BCUT2D eigenvalue weighted by atomic mass is 16.7. The molecule has 3 saturated heterocycles. The molecule has 13 atom stereocenters. The van der Waals surface area contributed by atoms with E-state index in [9.17, 15) is 55.9 Å². The summed E-state index contributed by atoms with van der Waals surface area (Å²) in [7, 11) is 1.33. The van der Waals surface area contributed by atoms with Crippen molar-refractivity contribution in [1.29, 1.82) is 0 Å². The van der Waals surface area contributed by atoms with E-state index >= 15 is 0 Å². The molecule has 0 bridgehead atoms. The molecule has 54 heavy (non-hydrogen) atoms. The van der Waals surface area contributed by atoms with Crippen LogP contribution >= 0.6 is 0 Å². The third kappa shape index (κ3) is 9.83. The number of hydrogen-bond donors (Lipinski definition) is 10. The van der Waals surface area contributed by atoms with Gasteiger partial charge in [-0.15, -0.1) is 0 Å². The van der Waals surface area contributed by atoms with E-state index in [1.54, 1.807) is 12.1 Å². The Labute approximate surface area is 308 Å². The summed E-state index contributed by atoms with van der Waals surface area (Å²) in [5.74, 6) is -0.586. The highest BCUT2D eigenvalue weighted by molar-refractivity contribution is 5.87. The van der Waals surface area contributed by atoms with E-state index in [1.165, 1.54) is 43.5 Å². The summed E-state index contributed by atoms with van der Waals surface area (Å²) in [5.41, 5.74) is -0.824. The van der Waals surface area contributed by atoms with Crippen LogP contribution in [0.3, 0.4) is 0 Å². The standard InChI is InChI=1S/C35H46O19/c1-47-21-12-18(4-8-20(21)52-33-30(44)27(41)25(39)22(13-36)53-33)5-9-24(38)50-15-35(46)16-51-34(31(35)45)49-14-23-26(40)28(42)29(43)32(54-23)48-11-10-17-2-6-19(37)7-3-17/h2-9,12,22-23,25-34,36-37,39-46H,10-11,13-16H2,1H3/b9-5+/t22-,23-,25-,26-,27+,28+,29-,30-,31+,32-,33-,34-,35-/m1/s1. The van der Waals surface area contributed by atoms with Gasteiger partial charge in [-0.25, -0.2) is 4.79 Å². The van der Waals surface area contributed by atoms with Crippen LogP contribution in [-0.4, -0.2) is 177 Å². The zero-order valence-electron chi connectivity index (χ0n) is 29.0. The van der Waals surface area contributed by atoms with Crippen molar-refractivity contribution in [2.45, 2.75) is 85.8 Å². The lowest BCUT2D eigenvalue weighted by Crippen LogP contribution is -2.60. The van der Waals surface area contributed by atoms with E-state index in [4.69, 9.17) is 37.9 Å². The highest BCUT2D eigenvalue weighted by Gasteiger charge is 2.51. The Morgan fingerprint density at radius 2 is 1.50 bits per heavy atom. The van der Waals surface area contributed by atoms with Crippen molar-refractivity contribution in [2.24, 2.45) is 0 Å². The molecule has 3 aliphatic rings. The Hall–Kier alpha value is -3.51. The molecule has 0 spiro atoms. The first-order valence-corrected chi connectivity index (χ1v) is 17.0. The minimum atomic E-state index is -2.08. The fourth-order valence-corrected chi connectivity index (χ4v) is 5.84. The molecule has 5 rings (SSSR count). The Balaban J connectivity index is 1.08. The molecule has 0 radical (unpaired) electrons. The van der Waals surface area contributed by atoms with Gasteiger partial charge in [-0.1, -0.05) is 18.2 Å². The first-order valence-electron chi connectivity index (χ1n) is 17.0. The predicted octanol–water partition coefficient (Wildman–Crippen LogP) is -3.33. The van der Waals surface area contributed by atoms with Crippen molar-refractivity contribution in [2.75, 3.05) is 40.1 Å². The van der Waals surface area contributed by atoms with Gasteiger partial charge in [0.1, 0.15) is 67.3 Å². The molecule has 19 nitrogen and oxygen atoms in total. The quantitative estimate of drug-likeness (QED) is 0.0626. The van der Waals surface area contributed by atoms with Crippen LogP contribution in [0.5, 0.6) is 17.2 Å². The number of carbonyl (C=O) groups excluding carboxylic acids is 1. The molecular formula is C35H46O19. The molecule has 3 aliphatic heterocycles. The molecule has 0 unspecified atom stereocenters. The molecule has 19 heteroatoms. The summed E-state index contributed by atoms with van der Waals surface area (Å²) >= 11 is 0. The van der Waals surface area contributed by atoms with E-state index in [0.717, 1.165) is 11.6 Å². The summed E-state index contributed by atoms with van der Waals surface area (Å²) in [6, 6.07) is 10.8. The Morgan fingerprint density at radius 1 is 0.833 bits per heavy atom. The van der Waals surface area contributed by atoms with Crippen LogP contribution in [0.4, 0.5) is 0 Å². The summed E-state index contributed by atoms with van der Waals surface area (Å²) < 4.78 is 43.5. The third-order valence-electron chi connectivity index (χ3n) is 9.16. The SMILES string of the molecule is COc1cc(/C=C/C(=O)OC[C@@]2(O)CO[C@@H](OC[C@H]3O[C@@H](OCCc4ccc(O)cc4)[C@H](O)[C@@H](O)[C@@H]3O)[C@@H]2O)ccc1O[C@@H]1O[C@H](CO)[C@@H](O)[C@H](O)[C@H]1O. The molecule has 300 valence electrons. The third-order valence-corrected chi connectivity index (χ3v) is 9.16. The number of aliphatic hydroxyl groups excluding tert-OH is 8. The maximum absolute atomic E-state index is 12.5. The monoisotopic (exact) mass is 770 g/mol. The second-order valence-corrected chi connectivity index (χ2v) is 13.0. The number of ether oxygens (including phenoxy) is 8. The van der Waals surface area contributed by atoms with Crippen LogP contribution in [0.25, 0.3) is 6.08 Å². The zero-order chi connectivity index (χ0) is 39.2. The van der Waals surface area contributed by atoms with Crippen LogP contribution in [0, 0.1) is 0 Å². The summed E-state index contributed by atoms with van der Waals surface area (Å²) in [4.78, 5) is 12.5. The molecule has 3 fully saturated rings. The van der Waals surface area contributed by atoms with E-state index in [1.807, 2.05) is 0 Å². The molecule has 0 saturated carbocycles. The van der Waals surface area contributed by atoms with Crippen LogP contribution in [0.2, 0.25) is 0 Å². The number of carbonyl (C=O) groups is 1. The van der Waals surface area contributed by atoms with Gasteiger partial charge in [-0.3, -0.25) is 0 Å². The molecule has 2 aromatic rings. The number of esters is 1. The van der Waals surface area contributed by atoms with Gasteiger partial charge in [-0.05, 0) is 47.9 Å². The number of rotatable bonds is 15. The summed E-state index contributed by atoms with van der Waals surface area (Å²) in [5, 5.41) is 102. The zero-order valence-corrected chi connectivity index (χ0v) is 29.0. The highest BCUT2D eigenvalue weighted by Crippen LogP contribution is 2.33. The normalized spacial score (nSPS) is 35.6. The van der Waals surface area contributed by atoms with Crippen LogP contribution in [0.15, 0.2) is 48.5 Å². The number of aliphatic hydroxyl groups is 9. The smallest absolute Gasteiger partial charge is 0.330 e. The Bertz CT molecular complexity index is 1540. The fourth-order valence-electron chi connectivity index (χ4n) is 5.84. The maximum atomic E-state index is 12.5. The van der Waals surface area contributed by atoms with Crippen molar-refractivity contribution in [1.82, 2.24) is 0 Å². The number of benzene rings is 2. The summed E-state index contributed by atoms with van der Waals surface area (Å²) in [6.07, 6.45) is -15.3. The minimum Gasteiger partial charge on any atom is -0.508 e. The van der Waals surface area contributed by atoms with Gasteiger partial charge in [-0.2, -0.15) is 0 Å². The number of aromatic hydroxyl groups is 1. The number of phenols is 1. The predicted molar refractivity (Wildman–Crippen MR) is 178 cm³/mol. The number of methoxy groups -OCH3 is 1. The average Bonchev–Trinajstić information content (AvgIpc) is 3.46. The largest absolute Gasteiger partial charge is 0.508 e. The topological polar surface area (TPSA) is 293 Å². The molecule has 3 heterocycles. The van der Waals surface area contributed by atoms with Gasteiger partial charge in [0.2, 0.25) is 6.29 Å². The van der Waals surface area contributed by atoms with E-state index < -0.39 is 112 Å². The van der Waals surface area contributed by atoms with E-state index in [-0.39, 0.29) is 23.9 Å². The first-order chi connectivity index (χ1) is 25.7. The second-order valence-electron chi connectivity index (χ2n) is 13.0. The van der Waals surface area contributed by atoms with Crippen molar-refractivity contribution in [3.8, 4) is 17.2 Å². The van der Waals surface area contributed by atoms with Gasteiger partial charge in [0.25, 0.3) is 0 Å². The van der Waals surface area contributed by atoms with Gasteiger partial charge in [0.15, 0.2) is 29.7 Å². The van der Waals surface area contributed by atoms with Gasteiger partial charge < -0.3 is 89.0 Å². The van der Waals surface area contributed by atoms with Crippen LogP contribution < -0.4 is 9.47 Å². The van der Waals surface area contributed by atoms with Gasteiger partial charge in [0, 0.05) is 6.08 Å².